The van der Waals surface area contributed by atoms with Crippen molar-refractivity contribution in [1.29, 1.82) is 0 Å². The minimum atomic E-state index is -0.0364. The molecule has 8 heteroatoms. The van der Waals surface area contributed by atoms with E-state index in [0.717, 1.165) is 50.0 Å². The second kappa shape index (κ2) is 11.3. The quantitative estimate of drug-likeness (QED) is 0.257. The van der Waals surface area contributed by atoms with Crippen molar-refractivity contribution in [3.63, 3.8) is 0 Å². The molecule has 0 radical (unpaired) electrons. The van der Waals surface area contributed by atoms with Crippen LogP contribution in [-0.4, -0.2) is 33.6 Å². The van der Waals surface area contributed by atoms with Crippen molar-refractivity contribution >= 4 is 29.9 Å². The van der Waals surface area contributed by atoms with E-state index in [-0.39, 0.29) is 29.4 Å². The van der Waals surface area contributed by atoms with E-state index in [2.05, 4.69) is 57.9 Å². The number of imidazole rings is 1. The fourth-order valence-electron chi connectivity index (χ4n) is 2.47. The van der Waals surface area contributed by atoms with Gasteiger partial charge >= 0.3 is 0 Å². The molecular weight excluding hydrogens is 455 g/mol. The molecule has 0 aliphatic carbocycles. The summed E-state index contributed by atoms with van der Waals surface area (Å²) in [6, 6.07) is 0. The van der Waals surface area contributed by atoms with Crippen LogP contribution in [0, 0.1) is 6.92 Å². The van der Waals surface area contributed by atoms with Crippen LogP contribution >= 0.6 is 24.0 Å². The Morgan fingerprint density at radius 1 is 1.22 bits per heavy atom. The lowest BCUT2D eigenvalue weighted by Gasteiger charge is -2.13. The normalized spacial score (nSPS) is 12.0. The summed E-state index contributed by atoms with van der Waals surface area (Å²) in [5.74, 6) is 3.38. The van der Waals surface area contributed by atoms with Gasteiger partial charge in [-0.25, -0.2) is 15.0 Å². The maximum atomic E-state index is 5.79. The Morgan fingerprint density at radius 3 is 2.59 bits per heavy atom. The van der Waals surface area contributed by atoms with Gasteiger partial charge in [-0.2, -0.15) is 0 Å². The van der Waals surface area contributed by atoms with Gasteiger partial charge in [-0.05, 0) is 26.7 Å². The molecular formula is C19H33IN6O. The molecule has 2 aromatic heterocycles. The van der Waals surface area contributed by atoms with Crippen molar-refractivity contribution in [2.24, 2.45) is 4.99 Å². The first-order valence-electron chi connectivity index (χ1n) is 9.35. The van der Waals surface area contributed by atoms with Gasteiger partial charge in [0.1, 0.15) is 18.1 Å². The maximum absolute atomic E-state index is 5.79. The van der Waals surface area contributed by atoms with Crippen molar-refractivity contribution in [1.82, 2.24) is 25.2 Å². The van der Waals surface area contributed by atoms with Gasteiger partial charge in [0.2, 0.25) is 5.89 Å². The summed E-state index contributed by atoms with van der Waals surface area (Å²) in [6.45, 7) is 13.5. The molecule has 0 unspecified atom stereocenters. The molecule has 2 heterocycles. The molecule has 0 fully saturated rings. The number of aromatic nitrogens is 3. The minimum absolute atomic E-state index is 0. The van der Waals surface area contributed by atoms with Crippen LogP contribution in [0.1, 0.15) is 58.0 Å². The molecule has 0 aliphatic heterocycles. The van der Waals surface area contributed by atoms with Crippen molar-refractivity contribution in [3.8, 4) is 0 Å². The summed E-state index contributed by atoms with van der Waals surface area (Å²) < 4.78 is 7.97. The van der Waals surface area contributed by atoms with Gasteiger partial charge in [-0.15, -0.1) is 24.0 Å². The fraction of sp³-hybridized carbons (Fsp3) is 0.632. The first-order chi connectivity index (χ1) is 12.4. The molecule has 7 nitrogen and oxygen atoms in total. The summed E-state index contributed by atoms with van der Waals surface area (Å²) in [5, 5.41) is 6.62. The third-order valence-electron chi connectivity index (χ3n) is 4.05. The zero-order chi connectivity index (χ0) is 19.0. The summed E-state index contributed by atoms with van der Waals surface area (Å²) in [6.07, 6.45) is 7.82. The standard InChI is InChI=1S/C19H32N6O.HI/c1-6-20-18(22-9-7-8-11-25-12-10-21-15(25)2)24-14-17-23-13-16(26-17)19(3,4)5;/h10,12-13H,6-9,11,14H2,1-5H3,(H2,20,22,24);1H. The van der Waals surface area contributed by atoms with Gasteiger partial charge < -0.3 is 19.6 Å². The number of aliphatic imine (C=N–C) groups is 1. The number of aryl methyl sites for hydroxylation is 2. The third kappa shape index (κ3) is 7.90. The SMILES string of the molecule is CCNC(=NCc1ncc(C(C)(C)C)o1)NCCCCn1ccnc1C.I. The molecule has 0 aliphatic rings. The topological polar surface area (TPSA) is 80.3 Å². The van der Waals surface area contributed by atoms with Gasteiger partial charge in [-0.1, -0.05) is 20.8 Å². The Labute approximate surface area is 179 Å². The second-order valence-electron chi connectivity index (χ2n) is 7.37. The van der Waals surface area contributed by atoms with Crippen molar-refractivity contribution in [2.75, 3.05) is 13.1 Å². The van der Waals surface area contributed by atoms with E-state index in [1.807, 2.05) is 19.3 Å². The van der Waals surface area contributed by atoms with Crippen LogP contribution in [0.4, 0.5) is 0 Å². The first-order valence-corrected chi connectivity index (χ1v) is 9.35. The van der Waals surface area contributed by atoms with Crippen LogP contribution in [0.5, 0.6) is 0 Å². The van der Waals surface area contributed by atoms with E-state index in [1.165, 1.54) is 0 Å². The molecule has 0 aromatic carbocycles. The van der Waals surface area contributed by atoms with E-state index >= 15 is 0 Å². The van der Waals surface area contributed by atoms with Crippen LogP contribution in [-0.2, 0) is 18.5 Å². The molecule has 152 valence electrons. The molecule has 0 saturated carbocycles. The zero-order valence-corrected chi connectivity index (χ0v) is 19.4. The molecule has 2 aromatic rings. The van der Waals surface area contributed by atoms with Gasteiger partial charge in [0, 0.05) is 37.4 Å². The molecule has 0 saturated heterocycles. The first kappa shape index (κ1) is 23.5. The van der Waals surface area contributed by atoms with Crippen LogP contribution < -0.4 is 10.6 Å². The smallest absolute Gasteiger partial charge is 0.216 e. The highest BCUT2D eigenvalue weighted by Crippen LogP contribution is 2.22. The summed E-state index contributed by atoms with van der Waals surface area (Å²) in [7, 11) is 0. The predicted molar refractivity (Wildman–Crippen MR) is 120 cm³/mol. The van der Waals surface area contributed by atoms with Crippen LogP contribution in [0.3, 0.4) is 0 Å². The van der Waals surface area contributed by atoms with E-state index < -0.39 is 0 Å². The molecule has 2 rings (SSSR count). The van der Waals surface area contributed by atoms with E-state index in [0.29, 0.717) is 12.4 Å². The van der Waals surface area contributed by atoms with Gasteiger partial charge in [0.15, 0.2) is 5.96 Å². The second-order valence-corrected chi connectivity index (χ2v) is 7.37. The molecule has 0 spiro atoms. The summed E-state index contributed by atoms with van der Waals surface area (Å²) in [4.78, 5) is 13.1. The number of guanidine groups is 1. The molecule has 0 amide bonds. The van der Waals surface area contributed by atoms with E-state index in [1.54, 1.807) is 6.20 Å². The lowest BCUT2D eigenvalue weighted by atomic mass is 9.94. The highest BCUT2D eigenvalue weighted by molar-refractivity contribution is 14.0. The Morgan fingerprint density at radius 2 is 2.00 bits per heavy atom. The number of nitrogens with one attached hydrogen (secondary N) is 2. The summed E-state index contributed by atoms with van der Waals surface area (Å²) >= 11 is 0. The minimum Gasteiger partial charge on any atom is -0.443 e. The predicted octanol–water partition coefficient (Wildman–Crippen LogP) is 3.63. The average Bonchev–Trinajstić information content (AvgIpc) is 3.21. The number of rotatable bonds is 8. The van der Waals surface area contributed by atoms with Gasteiger partial charge in [-0.3, -0.25) is 0 Å². The van der Waals surface area contributed by atoms with Gasteiger partial charge in [0.25, 0.3) is 0 Å². The van der Waals surface area contributed by atoms with Crippen molar-refractivity contribution < 1.29 is 4.42 Å². The van der Waals surface area contributed by atoms with Crippen LogP contribution in [0.15, 0.2) is 28.0 Å². The number of nitrogens with zero attached hydrogens (tertiary/aromatic N) is 4. The Hall–Kier alpha value is -1.58. The summed E-state index contributed by atoms with van der Waals surface area (Å²) in [5.41, 5.74) is -0.0364. The van der Waals surface area contributed by atoms with Crippen molar-refractivity contribution in [2.45, 2.75) is 66.0 Å². The maximum Gasteiger partial charge on any atom is 0.216 e. The lowest BCUT2D eigenvalue weighted by Crippen LogP contribution is -2.37. The van der Waals surface area contributed by atoms with Gasteiger partial charge in [0.05, 0.1) is 6.20 Å². The highest BCUT2D eigenvalue weighted by Gasteiger charge is 2.18. The molecule has 0 atom stereocenters. The monoisotopic (exact) mass is 488 g/mol. The fourth-order valence-corrected chi connectivity index (χ4v) is 2.47. The zero-order valence-electron chi connectivity index (χ0n) is 17.1. The Bertz CT molecular complexity index is 701. The highest BCUT2D eigenvalue weighted by atomic mass is 127. The molecule has 27 heavy (non-hydrogen) atoms. The average molecular weight is 488 g/mol. The van der Waals surface area contributed by atoms with E-state index in [4.69, 9.17) is 4.42 Å². The van der Waals surface area contributed by atoms with E-state index in [9.17, 15) is 0 Å². The third-order valence-corrected chi connectivity index (χ3v) is 4.05. The largest absolute Gasteiger partial charge is 0.443 e. The van der Waals surface area contributed by atoms with Crippen LogP contribution in [0.2, 0.25) is 0 Å². The number of oxazole rings is 1. The number of hydrogen-bond acceptors (Lipinski definition) is 4. The number of halogens is 1. The Kier molecular flexibility index (Phi) is 9.82. The number of unbranched alkanes of at least 4 members (excludes halogenated alkanes) is 1. The molecule has 0 bridgehead atoms. The number of hydrogen-bond donors (Lipinski definition) is 2. The lowest BCUT2D eigenvalue weighted by molar-refractivity contribution is 0.383. The van der Waals surface area contributed by atoms with Crippen LogP contribution in [0.25, 0.3) is 0 Å². The molecule has 2 N–H and O–H groups in total. The Balaban J connectivity index is 0.00000364. The van der Waals surface area contributed by atoms with Crippen molar-refractivity contribution in [3.05, 3.63) is 36.1 Å².